The summed E-state index contributed by atoms with van der Waals surface area (Å²) in [6.45, 7) is 14.2. The molecular weight excluding hydrogens is 1490 g/mol. The second-order valence-electron chi connectivity index (χ2n) is 20.6. The number of ketones is 4. The van der Waals surface area contributed by atoms with Gasteiger partial charge in [0.05, 0.1) is 26.1 Å². The molecule has 23 heteroatoms. The van der Waals surface area contributed by atoms with Crippen LogP contribution in [0.4, 0.5) is 11.4 Å². The first-order valence-corrected chi connectivity index (χ1v) is 35.5. The number of nitrogens with zero attached hydrogens (tertiary/aromatic N) is 2. The van der Waals surface area contributed by atoms with Crippen molar-refractivity contribution in [3.8, 4) is 34.5 Å². The number of benzene rings is 7. The van der Waals surface area contributed by atoms with Crippen molar-refractivity contribution in [1.29, 1.82) is 0 Å². The fourth-order valence-electron chi connectivity index (χ4n) is 8.02. The predicted octanol–water partition coefficient (Wildman–Crippen LogP) is 13.1. The second-order valence-corrected chi connectivity index (χ2v) is 21.2. The number of esters is 2. The number of aliphatic hydroxyl groups excluding tert-OH is 1. The zero-order chi connectivity index (χ0) is 72.7. The largest absolute Gasteiger partial charge is 1.00 e. The number of carbonyl (C=O) groups excluding carboxylic acids is 7. The maximum atomic E-state index is 12.1. The van der Waals surface area contributed by atoms with Crippen molar-refractivity contribution in [2.45, 2.75) is 89.0 Å². The molecule has 19 nitrogen and oxygen atoms in total. The summed E-state index contributed by atoms with van der Waals surface area (Å²) < 4.78 is 26.8. The monoisotopic (exact) mass is 1580 g/mol. The summed E-state index contributed by atoms with van der Waals surface area (Å²) in [6, 6.07) is 46.1. The number of hydrogen-bond donors (Lipinski definition) is 4. The van der Waals surface area contributed by atoms with Gasteiger partial charge in [-0.1, -0.05) is 106 Å². The standard InChI is InChI=1S/C45H54N2O6.C10H10O4.C8H7BrO2.C8H8O2.C2H4O2.C2H6O.2CH4.Br2.Na/c1-7-9-27-47(28-10-8-2)41-23-15-36(16-24-41)12-18-39-32-44(50-5)38(31-45(39)51-6)17-11-35-13-21-40(22-14-35)46(4)29-30-52-42-25-19-37(20-26-42)43(49)33-53-34(3)48;1-7(11)14-6-10(13)8-2-4-9(12)5-3-8;9-5-8(11)6-1-3-7(10)4-2-6;1-6(9)7-2-4-8(10)5-3-7;1-2(3)4;1-2-3;;;1-2;/h11-26,31-32H,7-10,27-30,33H2,1-6H3;2-5,12H,6H2,1H3;1-4,10H,5H2;2-5,10H,1H3;1H3,(H,3,4);3H,2H2,1H3;2*1H4;;/q;;;;;;;;;+1/p-1/b17-11+,18-12+;;;;;;;;;. The first-order valence-electron chi connectivity index (χ1n) is 30.7. The minimum Gasteiger partial charge on any atom is -0.550 e. The van der Waals surface area contributed by atoms with Crippen LogP contribution in [-0.4, -0.2) is 134 Å². The zero-order valence-corrected chi connectivity index (χ0v) is 64.2. The minimum atomic E-state index is -1.08. The fraction of sp³-hybridized carbons (Fsp3) is 0.312. The summed E-state index contributed by atoms with van der Waals surface area (Å²) in [6.07, 6.45) is 13.1. The number of anilines is 2. The number of ether oxygens (including phenoxy) is 5. The van der Waals surface area contributed by atoms with E-state index in [1.165, 1.54) is 101 Å². The molecule has 4 N–H and O–H groups in total. The average molecular weight is 1580 g/mol. The molecule has 0 unspecified atom stereocenters. The van der Waals surface area contributed by atoms with Crippen molar-refractivity contribution in [3.05, 3.63) is 202 Å². The third-order valence-electron chi connectivity index (χ3n) is 13.1. The number of phenolic OH excluding ortho intramolecular Hbond substituents is 3. The number of phenols is 3. The first-order chi connectivity index (χ1) is 46.4. The van der Waals surface area contributed by atoms with E-state index in [9.17, 15) is 28.8 Å². The van der Waals surface area contributed by atoms with Crippen LogP contribution in [0.3, 0.4) is 0 Å². The van der Waals surface area contributed by atoms with Crippen LogP contribution in [0, 0.1) is 0 Å². The Kier molecular flexibility index (Phi) is 54.4. The van der Waals surface area contributed by atoms with Gasteiger partial charge in [0, 0.05) is 120 Å². The van der Waals surface area contributed by atoms with Crippen molar-refractivity contribution in [1.82, 2.24) is 0 Å². The summed E-state index contributed by atoms with van der Waals surface area (Å²) in [4.78, 5) is 79.9. The number of rotatable bonds is 27. The second kappa shape index (κ2) is 56.6. The Morgan fingerprint density at radius 2 is 0.830 bits per heavy atom. The smallest absolute Gasteiger partial charge is 0.550 e. The van der Waals surface area contributed by atoms with Gasteiger partial charge in [-0.25, -0.2) is 0 Å². The van der Waals surface area contributed by atoms with Crippen molar-refractivity contribution >= 4 is 121 Å². The average Bonchev–Trinajstić information content (AvgIpc) is 0.829. The molecule has 0 saturated carbocycles. The molecule has 0 radical (unpaired) electrons. The van der Waals surface area contributed by atoms with Crippen LogP contribution < -0.4 is 58.7 Å². The number of halogens is 3. The van der Waals surface area contributed by atoms with Crippen LogP contribution >= 0.6 is 44.2 Å². The van der Waals surface area contributed by atoms with E-state index in [4.69, 9.17) is 49.3 Å². The van der Waals surface area contributed by atoms with E-state index < -0.39 is 17.9 Å². The minimum absolute atomic E-state index is 0. The molecule has 0 fully saturated rings. The summed E-state index contributed by atoms with van der Waals surface area (Å²) in [5.74, 6) is 0.0817. The Labute approximate surface area is 636 Å². The molecule has 0 aliphatic heterocycles. The maximum absolute atomic E-state index is 12.1. The van der Waals surface area contributed by atoms with Gasteiger partial charge in [0.25, 0.3) is 0 Å². The molecule has 0 atom stereocenters. The number of hydrogen-bond acceptors (Lipinski definition) is 19. The van der Waals surface area contributed by atoms with Gasteiger partial charge in [-0.2, -0.15) is 0 Å². The van der Waals surface area contributed by atoms with Gasteiger partial charge < -0.3 is 63.8 Å². The van der Waals surface area contributed by atoms with Gasteiger partial charge in [0.15, 0.2) is 36.3 Å². The van der Waals surface area contributed by atoms with E-state index >= 15 is 0 Å². The Morgan fingerprint density at radius 1 is 0.500 bits per heavy atom. The van der Waals surface area contributed by atoms with Crippen LogP contribution in [0.2, 0.25) is 0 Å². The van der Waals surface area contributed by atoms with Gasteiger partial charge in [-0.15, -0.1) is 0 Å². The number of carbonyl (C=O) groups is 7. The number of alkyl halides is 1. The normalized spacial score (nSPS) is 9.70. The number of aliphatic carboxylic acids is 1. The van der Waals surface area contributed by atoms with Crippen molar-refractivity contribution in [3.63, 3.8) is 0 Å². The molecule has 7 aromatic rings. The van der Waals surface area contributed by atoms with Gasteiger partial charge in [0.2, 0.25) is 0 Å². The molecule has 0 aromatic heterocycles. The Morgan fingerprint density at radius 3 is 1.15 bits per heavy atom. The number of carboxylic acids is 1. The fourth-order valence-corrected chi connectivity index (χ4v) is 8.34. The quantitative estimate of drug-likeness (QED) is 0.0122. The van der Waals surface area contributed by atoms with Crippen LogP contribution in [0.25, 0.3) is 24.3 Å². The Bertz CT molecular complexity index is 3510. The van der Waals surface area contributed by atoms with Crippen molar-refractivity contribution < 1.29 is 112 Å². The van der Waals surface area contributed by atoms with E-state index in [1.807, 2.05) is 25.3 Å². The molecule has 0 amide bonds. The van der Waals surface area contributed by atoms with E-state index in [0.29, 0.717) is 46.5 Å². The van der Waals surface area contributed by atoms with Gasteiger partial charge in [-0.05, 0) is 178 Å². The molecule has 0 heterocycles. The molecule has 0 saturated heterocycles. The van der Waals surface area contributed by atoms with Crippen LogP contribution in [0.1, 0.15) is 153 Å². The van der Waals surface area contributed by atoms with Crippen LogP contribution in [-0.2, 0) is 23.9 Å². The summed E-state index contributed by atoms with van der Waals surface area (Å²) in [5.41, 5.74) is 8.50. The maximum Gasteiger partial charge on any atom is 1.00 e. The summed E-state index contributed by atoms with van der Waals surface area (Å²) >= 11 is 8.56. The molecule has 0 bridgehead atoms. The summed E-state index contributed by atoms with van der Waals surface area (Å²) in [5, 5.41) is 43.5. The topological polar surface area (TPSA) is 276 Å². The molecule has 538 valence electrons. The molecule has 0 spiro atoms. The van der Waals surface area contributed by atoms with E-state index in [1.54, 1.807) is 69.7 Å². The SMILES string of the molecule is BrBr.C.C.CC(=O)OCC(=O)c1ccc(O)cc1.CC(=O)[O-].CC(=O)c1ccc(O)cc1.CCCCN(CCCC)c1ccc(/C=C/c2cc(OC)c(/C=C/c3ccc(N(C)CCOc4ccc(C(=O)COC(C)=O)cc4)cc3)cc2OC)cc1.CCO.O=C(CBr)c1ccc(O)cc1.[Na+]. The van der Waals surface area contributed by atoms with Crippen molar-refractivity contribution in [2.24, 2.45) is 0 Å². The third kappa shape index (κ3) is 40.8. The number of unbranched alkanes of at least 4 members (excludes halogenated alkanes) is 2. The zero-order valence-electron chi connectivity index (χ0n) is 57.4. The first kappa shape index (κ1) is 96.1. The molecule has 0 aliphatic carbocycles. The Hall–Kier alpha value is -8.09. The number of carboxylic acid groups (broad SMARTS) is 1. The number of aromatic hydroxyl groups is 3. The molecule has 7 aromatic carbocycles. The van der Waals surface area contributed by atoms with Crippen molar-refractivity contribution in [2.75, 3.05) is 82.5 Å². The number of Topliss-reactive ketones (excluding diaryl/α,β-unsaturated/α-hetero) is 4. The Balaban J connectivity index is -0.00000160. The van der Waals surface area contributed by atoms with E-state index in [-0.39, 0.29) is 105 Å². The molecule has 7 rings (SSSR count). The predicted molar refractivity (Wildman–Crippen MR) is 407 cm³/mol. The molecule has 0 aliphatic rings. The molecule has 100 heavy (non-hydrogen) atoms. The van der Waals surface area contributed by atoms with Crippen LogP contribution in [0.5, 0.6) is 34.5 Å². The van der Waals surface area contributed by atoms with Gasteiger partial charge in [-0.3, -0.25) is 28.8 Å². The summed E-state index contributed by atoms with van der Waals surface area (Å²) in [7, 11) is 5.40. The van der Waals surface area contributed by atoms with E-state index in [0.717, 1.165) is 59.5 Å². The number of aliphatic hydroxyl groups is 1. The number of methoxy groups -OCH3 is 2. The van der Waals surface area contributed by atoms with Gasteiger partial charge >= 0.3 is 41.5 Å². The molecular formula is C77H96Br3N2NaO17. The van der Waals surface area contributed by atoms with Crippen LogP contribution in [0.15, 0.2) is 158 Å². The number of likely N-dealkylation sites (N-methyl/N-ethyl adjacent to an activating group) is 1. The van der Waals surface area contributed by atoms with Gasteiger partial charge in [0.1, 0.15) is 41.1 Å². The third-order valence-corrected chi connectivity index (χ3v) is 13.6. The van der Waals surface area contributed by atoms with E-state index in [2.05, 4.69) is 139 Å².